The van der Waals surface area contributed by atoms with Crippen molar-refractivity contribution in [3.05, 3.63) is 29.3 Å². The number of carbonyl (C=O) groups excluding carboxylic acids is 2. The van der Waals surface area contributed by atoms with E-state index in [1.165, 1.54) is 4.90 Å². The zero-order valence-electron chi connectivity index (χ0n) is 11.6. The molecular formula is C14H20N2O3. The molecule has 0 fully saturated rings. The summed E-state index contributed by atoms with van der Waals surface area (Å²) < 4.78 is 4.82. The molecule has 0 saturated heterocycles. The maximum Gasteiger partial charge on any atom is 0.307 e. The number of anilines is 1. The minimum Gasteiger partial charge on any atom is -0.466 e. The molecule has 19 heavy (non-hydrogen) atoms. The Bertz CT molecular complexity index is 472. The van der Waals surface area contributed by atoms with Crippen molar-refractivity contribution in [2.45, 2.75) is 20.3 Å². The third-order valence-electron chi connectivity index (χ3n) is 2.86. The second kappa shape index (κ2) is 6.78. The molecule has 5 heteroatoms. The van der Waals surface area contributed by atoms with Crippen LogP contribution in [-0.2, 0) is 9.53 Å². The molecule has 0 heterocycles. The Balaban J connectivity index is 2.67. The summed E-state index contributed by atoms with van der Waals surface area (Å²) in [4.78, 5) is 24.9. The van der Waals surface area contributed by atoms with Gasteiger partial charge in [-0.3, -0.25) is 9.59 Å². The van der Waals surface area contributed by atoms with Crippen molar-refractivity contribution in [1.82, 2.24) is 4.90 Å². The van der Waals surface area contributed by atoms with Crippen LogP contribution in [0.3, 0.4) is 0 Å². The van der Waals surface area contributed by atoms with Crippen LogP contribution in [-0.4, -0.2) is 37.0 Å². The summed E-state index contributed by atoms with van der Waals surface area (Å²) >= 11 is 0. The number of hydrogen-bond donors (Lipinski definition) is 1. The summed E-state index contributed by atoms with van der Waals surface area (Å²) in [6.45, 7) is 4.26. The van der Waals surface area contributed by atoms with Crippen LogP contribution in [0.2, 0.25) is 0 Å². The first-order valence-corrected chi connectivity index (χ1v) is 6.23. The normalized spacial score (nSPS) is 10.1. The van der Waals surface area contributed by atoms with E-state index in [1.807, 2.05) is 13.0 Å². The Morgan fingerprint density at radius 3 is 2.68 bits per heavy atom. The average molecular weight is 264 g/mol. The van der Waals surface area contributed by atoms with Gasteiger partial charge in [0.1, 0.15) is 0 Å². The van der Waals surface area contributed by atoms with Gasteiger partial charge in [-0.25, -0.2) is 0 Å². The van der Waals surface area contributed by atoms with Crippen molar-refractivity contribution in [1.29, 1.82) is 0 Å². The summed E-state index contributed by atoms with van der Waals surface area (Å²) in [5, 5.41) is 0. The predicted octanol–water partition coefficient (Wildman–Crippen LogP) is 1.60. The van der Waals surface area contributed by atoms with E-state index in [-0.39, 0.29) is 18.3 Å². The first-order valence-electron chi connectivity index (χ1n) is 6.23. The number of para-hydroxylation sites is 1. The Labute approximate surface area is 113 Å². The molecular weight excluding hydrogens is 244 g/mol. The molecule has 1 amide bonds. The molecule has 0 aromatic heterocycles. The van der Waals surface area contributed by atoms with Gasteiger partial charge in [-0.15, -0.1) is 0 Å². The number of benzene rings is 1. The van der Waals surface area contributed by atoms with Gasteiger partial charge >= 0.3 is 5.97 Å². The van der Waals surface area contributed by atoms with Gasteiger partial charge in [-0.1, -0.05) is 12.1 Å². The molecule has 1 rings (SSSR count). The second-order valence-electron chi connectivity index (χ2n) is 4.32. The summed E-state index contributed by atoms with van der Waals surface area (Å²) in [6.07, 6.45) is 0.182. The highest BCUT2D eigenvalue weighted by molar-refractivity contribution is 5.99. The molecule has 0 atom stereocenters. The molecule has 0 radical (unpaired) electrons. The van der Waals surface area contributed by atoms with Crippen LogP contribution in [0.1, 0.15) is 29.3 Å². The zero-order valence-corrected chi connectivity index (χ0v) is 11.6. The van der Waals surface area contributed by atoms with Crippen molar-refractivity contribution < 1.29 is 14.3 Å². The number of aryl methyl sites for hydroxylation is 1. The van der Waals surface area contributed by atoms with Gasteiger partial charge in [0.2, 0.25) is 0 Å². The Kier molecular flexibility index (Phi) is 5.36. The van der Waals surface area contributed by atoms with E-state index in [0.29, 0.717) is 24.4 Å². The summed E-state index contributed by atoms with van der Waals surface area (Å²) in [7, 11) is 1.64. The van der Waals surface area contributed by atoms with Crippen LogP contribution in [0.15, 0.2) is 18.2 Å². The van der Waals surface area contributed by atoms with Crippen LogP contribution in [0, 0.1) is 6.92 Å². The number of ether oxygens (including phenoxy) is 1. The lowest BCUT2D eigenvalue weighted by molar-refractivity contribution is -0.143. The van der Waals surface area contributed by atoms with Gasteiger partial charge in [-0.05, 0) is 25.5 Å². The topological polar surface area (TPSA) is 72.6 Å². The molecule has 1 aromatic carbocycles. The predicted molar refractivity (Wildman–Crippen MR) is 73.8 cm³/mol. The molecule has 1 aromatic rings. The third kappa shape index (κ3) is 3.98. The second-order valence-corrected chi connectivity index (χ2v) is 4.32. The van der Waals surface area contributed by atoms with E-state index in [9.17, 15) is 9.59 Å². The maximum absolute atomic E-state index is 12.2. The van der Waals surface area contributed by atoms with E-state index < -0.39 is 0 Å². The molecule has 0 bridgehead atoms. The lowest BCUT2D eigenvalue weighted by Gasteiger charge is -2.18. The molecule has 104 valence electrons. The smallest absolute Gasteiger partial charge is 0.307 e. The number of amides is 1. The zero-order chi connectivity index (χ0) is 14.4. The van der Waals surface area contributed by atoms with Crippen LogP contribution >= 0.6 is 0 Å². The van der Waals surface area contributed by atoms with Crippen molar-refractivity contribution in [3.63, 3.8) is 0 Å². The van der Waals surface area contributed by atoms with Gasteiger partial charge in [0.25, 0.3) is 5.91 Å². The number of carbonyl (C=O) groups is 2. The van der Waals surface area contributed by atoms with Gasteiger partial charge < -0.3 is 15.4 Å². The van der Waals surface area contributed by atoms with Gasteiger partial charge in [0.15, 0.2) is 0 Å². The Morgan fingerprint density at radius 1 is 1.37 bits per heavy atom. The summed E-state index contributed by atoms with van der Waals surface area (Å²) in [5.41, 5.74) is 7.70. The van der Waals surface area contributed by atoms with Crippen LogP contribution < -0.4 is 5.73 Å². The monoisotopic (exact) mass is 264 g/mol. The standard InChI is InChI=1S/C14H20N2O3/c1-4-19-12(17)8-9-16(3)14(18)11-7-5-6-10(2)13(11)15/h5-7H,4,8-9,15H2,1-3H3. The molecule has 0 saturated carbocycles. The number of nitrogen functional groups attached to an aromatic ring is 1. The third-order valence-corrected chi connectivity index (χ3v) is 2.86. The fourth-order valence-electron chi connectivity index (χ4n) is 1.67. The van der Waals surface area contributed by atoms with Crippen molar-refractivity contribution in [2.24, 2.45) is 0 Å². The number of esters is 1. The first-order chi connectivity index (χ1) is 8.97. The SMILES string of the molecule is CCOC(=O)CCN(C)C(=O)c1cccc(C)c1N. The lowest BCUT2D eigenvalue weighted by Crippen LogP contribution is -2.30. The summed E-state index contributed by atoms with van der Waals surface area (Å²) in [5.74, 6) is -0.495. The molecule has 0 aliphatic carbocycles. The Hall–Kier alpha value is -2.04. The fourth-order valence-corrected chi connectivity index (χ4v) is 1.67. The van der Waals surface area contributed by atoms with Crippen LogP contribution in [0.25, 0.3) is 0 Å². The molecule has 0 aliphatic heterocycles. The number of rotatable bonds is 5. The number of nitrogens with two attached hydrogens (primary N) is 1. The number of nitrogens with zero attached hydrogens (tertiary/aromatic N) is 1. The minimum atomic E-state index is -0.306. The summed E-state index contributed by atoms with van der Waals surface area (Å²) in [6, 6.07) is 5.33. The molecule has 5 nitrogen and oxygen atoms in total. The van der Waals surface area contributed by atoms with Crippen LogP contribution in [0.5, 0.6) is 0 Å². The highest BCUT2D eigenvalue weighted by Gasteiger charge is 2.16. The highest BCUT2D eigenvalue weighted by Crippen LogP contribution is 2.18. The van der Waals surface area contributed by atoms with E-state index in [4.69, 9.17) is 10.5 Å². The largest absolute Gasteiger partial charge is 0.466 e. The van der Waals surface area contributed by atoms with E-state index >= 15 is 0 Å². The molecule has 0 unspecified atom stereocenters. The fraction of sp³-hybridized carbons (Fsp3) is 0.429. The number of hydrogen-bond acceptors (Lipinski definition) is 4. The quantitative estimate of drug-likeness (QED) is 0.647. The first kappa shape index (κ1) is 15.0. The van der Waals surface area contributed by atoms with Crippen molar-refractivity contribution in [2.75, 3.05) is 25.9 Å². The van der Waals surface area contributed by atoms with Gasteiger partial charge in [0, 0.05) is 19.3 Å². The van der Waals surface area contributed by atoms with Crippen LogP contribution in [0.4, 0.5) is 5.69 Å². The van der Waals surface area contributed by atoms with Crippen molar-refractivity contribution >= 4 is 17.6 Å². The molecule has 0 aliphatic rings. The van der Waals surface area contributed by atoms with Gasteiger partial charge in [-0.2, -0.15) is 0 Å². The lowest BCUT2D eigenvalue weighted by atomic mass is 10.1. The van der Waals surface area contributed by atoms with E-state index in [0.717, 1.165) is 5.56 Å². The van der Waals surface area contributed by atoms with Crippen molar-refractivity contribution in [3.8, 4) is 0 Å². The minimum absolute atomic E-state index is 0.182. The molecule has 0 spiro atoms. The maximum atomic E-state index is 12.2. The van der Waals surface area contributed by atoms with E-state index in [2.05, 4.69) is 0 Å². The molecule has 2 N–H and O–H groups in total. The highest BCUT2D eigenvalue weighted by atomic mass is 16.5. The van der Waals surface area contributed by atoms with E-state index in [1.54, 1.807) is 26.1 Å². The van der Waals surface area contributed by atoms with Gasteiger partial charge in [0.05, 0.1) is 18.6 Å². The Morgan fingerprint density at radius 2 is 2.05 bits per heavy atom. The average Bonchev–Trinajstić information content (AvgIpc) is 2.38.